The molecule has 0 amide bonds. The van der Waals surface area contributed by atoms with E-state index in [-0.39, 0.29) is 6.04 Å². The summed E-state index contributed by atoms with van der Waals surface area (Å²) in [6, 6.07) is 13.8. The predicted molar refractivity (Wildman–Crippen MR) is 111 cm³/mol. The van der Waals surface area contributed by atoms with E-state index in [2.05, 4.69) is 50.4 Å². The van der Waals surface area contributed by atoms with Crippen LogP contribution in [0.25, 0.3) is 0 Å². The van der Waals surface area contributed by atoms with Crippen molar-refractivity contribution in [2.24, 2.45) is 0 Å². The summed E-state index contributed by atoms with van der Waals surface area (Å²) in [5.74, 6) is 2.66. The van der Waals surface area contributed by atoms with Crippen LogP contribution in [-0.2, 0) is 13.0 Å². The molecule has 1 atom stereocenters. The van der Waals surface area contributed by atoms with Gasteiger partial charge in [0.05, 0.1) is 20.3 Å². The minimum absolute atomic E-state index is 0.185. The van der Waals surface area contributed by atoms with Crippen LogP contribution < -0.4 is 14.8 Å². The third-order valence-corrected chi connectivity index (χ3v) is 5.13. The van der Waals surface area contributed by atoms with Gasteiger partial charge in [0.15, 0.2) is 17.3 Å². The van der Waals surface area contributed by atoms with Gasteiger partial charge in [-0.05, 0) is 29.7 Å². The van der Waals surface area contributed by atoms with Gasteiger partial charge in [-0.3, -0.25) is 5.32 Å². The fraction of sp³-hybridized carbons (Fsp3) is 0.333. The molecule has 0 spiro atoms. The fourth-order valence-electron chi connectivity index (χ4n) is 2.95. The molecule has 1 heterocycles. The lowest BCUT2D eigenvalue weighted by atomic mass is 10.1. The molecule has 28 heavy (non-hydrogen) atoms. The lowest BCUT2D eigenvalue weighted by molar-refractivity contribution is 0.354. The Morgan fingerprint density at radius 2 is 1.82 bits per heavy atom. The van der Waals surface area contributed by atoms with Gasteiger partial charge in [0.2, 0.25) is 5.89 Å². The molecule has 0 fully saturated rings. The fourth-order valence-corrected chi connectivity index (χ4v) is 3.41. The van der Waals surface area contributed by atoms with E-state index in [1.165, 1.54) is 0 Å². The minimum Gasteiger partial charge on any atom is -0.493 e. The van der Waals surface area contributed by atoms with Crippen molar-refractivity contribution in [2.75, 3.05) is 14.2 Å². The Morgan fingerprint density at radius 3 is 2.50 bits per heavy atom. The maximum absolute atomic E-state index is 5.42. The second-order valence-electron chi connectivity index (χ2n) is 6.32. The second kappa shape index (κ2) is 9.71. The first kappa shape index (κ1) is 20.4. The highest BCUT2D eigenvalue weighted by Gasteiger charge is 2.21. The van der Waals surface area contributed by atoms with Gasteiger partial charge in [-0.25, -0.2) is 0 Å². The maximum atomic E-state index is 5.42. The zero-order valence-corrected chi connectivity index (χ0v) is 17.8. The van der Waals surface area contributed by atoms with Crippen LogP contribution in [0.5, 0.6) is 11.5 Å². The van der Waals surface area contributed by atoms with E-state index >= 15 is 0 Å². The molecular weight excluding hydrogens is 422 g/mol. The summed E-state index contributed by atoms with van der Waals surface area (Å²) in [6.07, 6.45) is 1.74. The average Bonchev–Trinajstić information content (AvgIpc) is 3.18. The highest BCUT2D eigenvalue weighted by Crippen LogP contribution is 2.33. The topological polar surface area (TPSA) is 69.4 Å². The number of hydrogen-bond acceptors (Lipinski definition) is 6. The first-order valence-corrected chi connectivity index (χ1v) is 9.96. The lowest BCUT2D eigenvalue weighted by Crippen LogP contribution is -2.23. The number of hydrogen-bond donors (Lipinski definition) is 1. The Morgan fingerprint density at radius 1 is 1.11 bits per heavy atom. The van der Waals surface area contributed by atoms with Crippen LogP contribution in [0.4, 0.5) is 0 Å². The Bertz CT molecular complexity index is 899. The molecule has 3 aromatic rings. The quantitative estimate of drug-likeness (QED) is 0.515. The molecule has 1 aromatic heterocycles. The average molecular weight is 446 g/mol. The number of benzene rings is 2. The Kier molecular flexibility index (Phi) is 7.06. The van der Waals surface area contributed by atoms with Gasteiger partial charge >= 0.3 is 0 Å². The second-order valence-corrected chi connectivity index (χ2v) is 7.17. The van der Waals surface area contributed by atoms with Crippen LogP contribution in [0, 0.1) is 0 Å². The smallest absolute Gasteiger partial charge is 0.226 e. The molecular formula is C21H24BrN3O3. The van der Waals surface area contributed by atoms with Crippen LogP contribution >= 0.6 is 15.9 Å². The van der Waals surface area contributed by atoms with Crippen molar-refractivity contribution in [3.63, 3.8) is 0 Å². The van der Waals surface area contributed by atoms with Crippen molar-refractivity contribution in [2.45, 2.75) is 32.4 Å². The highest BCUT2D eigenvalue weighted by molar-refractivity contribution is 9.10. The van der Waals surface area contributed by atoms with E-state index in [9.17, 15) is 0 Å². The van der Waals surface area contributed by atoms with Crippen molar-refractivity contribution < 1.29 is 14.0 Å². The molecule has 0 aliphatic rings. The number of nitrogens with zero attached hydrogens (tertiary/aromatic N) is 2. The SMILES string of the molecule is CCCc1nc(C(NCc2cc(OC)c(OC)cc2Br)c2ccccc2)no1. The molecule has 0 bridgehead atoms. The summed E-state index contributed by atoms with van der Waals surface area (Å²) in [5.41, 5.74) is 2.11. The van der Waals surface area contributed by atoms with E-state index in [0.29, 0.717) is 29.8 Å². The lowest BCUT2D eigenvalue weighted by Gasteiger charge is -2.18. The van der Waals surface area contributed by atoms with E-state index in [0.717, 1.165) is 28.4 Å². The number of ether oxygens (including phenoxy) is 2. The molecule has 148 valence electrons. The highest BCUT2D eigenvalue weighted by atomic mass is 79.9. The third kappa shape index (κ3) is 4.72. The molecule has 0 aliphatic heterocycles. The molecule has 3 rings (SSSR count). The Labute approximate surface area is 173 Å². The molecule has 7 heteroatoms. The standard InChI is InChI=1S/C21H24BrN3O3/c1-4-8-19-24-21(25-28-19)20(14-9-6-5-7-10-14)23-13-15-11-17(26-2)18(27-3)12-16(15)22/h5-7,9-12,20,23H,4,8,13H2,1-3H3. The van der Waals surface area contributed by atoms with Crippen LogP contribution in [0.15, 0.2) is 51.5 Å². The normalized spacial score (nSPS) is 12.0. The Balaban J connectivity index is 1.86. The predicted octanol–water partition coefficient (Wildman–Crippen LogP) is 4.68. The number of aromatic nitrogens is 2. The van der Waals surface area contributed by atoms with Crippen LogP contribution in [0.2, 0.25) is 0 Å². The summed E-state index contributed by atoms with van der Waals surface area (Å²) in [4.78, 5) is 4.58. The van der Waals surface area contributed by atoms with Gasteiger partial charge < -0.3 is 14.0 Å². The van der Waals surface area contributed by atoms with Gasteiger partial charge in [0.25, 0.3) is 0 Å². The van der Waals surface area contributed by atoms with Gasteiger partial charge in [0.1, 0.15) is 0 Å². The monoisotopic (exact) mass is 445 g/mol. The first-order chi connectivity index (χ1) is 13.7. The Hall–Kier alpha value is -2.38. The first-order valence-electron chi connectivity index (χ1n) is 9.17. The summed E-state index contributed by atoms with van der Waals surface area (Å²) in [6.45, 7) is 2.67. The molecule has 0 saturated heterocycles. The zero-order chi connectivity index (χ0) is 19.9. The summed E-state index contributed by atoms with van der Waals surface area (Å²) in [5, 5.41) is 7.74. The largest absolute Gasteiger partial charge is 0.493 e. The number of aryl methyl sites for hydroxylation is 1. The number of nitrogens with one attached hydrogen (secondary N) is 1. The van der Waals surface area contributed by atoms with Crippen molar-refractivity contribution in [1.82, 2.24) is 15.5 Å². The number of methoxy groups -OCH3 is 2. The van der Waals surface area contributed by atoms with Gasteiger partial charge in [-0.15, -0.1) is 0 Å². The third-order valence-electron chi connectivity index (χ3n) is 4.39. The van der Waals surface area contributed by atoms with Crippen molar-refractivity contribution in [1.29, 1.82) is 0 Å². The maximum Gasteiger partial charge on any atom is 0.226 e. The molecule has 6 nitrogen and oxygen atoms in total. The molecule has 2 aromatic carbocycles. The number of rotatable bonds is 9. The minimum atomic E-state index is -0.185. The summed E-state index contributed by atoms with van der Waals surface area (Å²) in [7, 11) is 3.25. The summed E-state index contributed by atoms with van der Waals surface area (Å²) >= 11 is 3.61. The van der Waals surface area contributed by atoms with Crippen LogP contribution in [0.3, 0.4) is 0 Å². The molecule has 1 N–H and O–H groups in total. The van der Waals surface area contributed by atoms with Gasteiger partial charge in [-0.2, -0.15) is 4.98 Å². The van der Waals surface area contributed by atoms with Gasteiger partial charge in [-0.1, -0.05) is 58.3 Å². The molecule has 0 aliphatic carbocycles. The van der Waals surface area contributed by atoms with Crippen molar-refractivity contribution >= 4 is 15.9 Å². The number of halogens is 1. The summed E-state index contributed by atoms with van der Waals surface area (Å²) < 4.78 is 17.1. The van der Waals surface area contributed by atoms with E-state index in [1.54, 1.807) is 14.2 Å². The zero-order valence-electron chi connectivity index (χ0n) is 16.2. The molecule has 0 radical (unpaired) electrons. The molecule has 1 unspecified atom stereocenters. The van der Waals surface area contributed by atoms with E-state index in [4.69, 9.17) is 14.0 Å². The van der Waals surface area contributed by atoms with Crippen molar-refractivity contribution in [3.8, 4) is 11.5 Å². The van der Waals surface area contributed by atoms with Crippen molar-refractivity contribution in [3.05, 3.63) is 69.8 Å². The van der Waals surface area contributed by atoms with E-state index < -0.39 is 0 Å². The van der Waals surface area contributed by atoms with Crippen LogP contribution in [0.1, 0.15) is 42.2 Å². The van der Waals surface area contributed by atoms with Crippen LogP contribution in [-0.4, -0.2) is 24.4 Å². The van der Waals surface area contributed by atoms with E-state index in [1.807, 2.05) is 30.3 Å². The molecule has 0 saturated carbocycles. The van der Waals surface area contributed by atoms with Gasteiger partial charge in [0, 0.05) is 17.4 Å².